The molecule has 1 heterocycles. The van der Waals surface area contributed by atoms with Crippen molar-refractivity contribution in [2.45, 2.75) is 45.2 Å². The molecule has 1 aliphatic heterocycles. The molecular formula is C12H25N3O. The van der Waals surface area contributed by atoms with Crippen LogP contribution in [0.2, 0.25) is 0 Å². The minimum Gasteiger partial charge on any atom is -0.354 e. The molecule has 16 heavy (non-hydrogen) atoms. The molecule has 0 aliphatic carbocycles. The van der Waals surface area contributed by atoms with E-state index in [1.54, 1.807) is 0 Å². The molecule has 4 heteroatoms. The van der Waals surface area contributed by atoms with Crippen molar-refractivity contribution in [2.24, 2.45) is 0 Å². The standard InChI is InChI=1S/C12H25N3O/c1-10(2)14-12(16)6-8-15-7-4-5-11(15)9-13-3/h10-11,13H,4-9H2,1-3H3,(H,14,16). The molecule has 1 rings (SSSR count). The Kier molecular flexibility index (Phi) is 5.77. The zero-order valence-electron chi connectivity index (χ0n) is 10.8. The fraction of sp³-hybridized carbons (Fsp3) is 0.917. The molecule has 0 saturated carbocycles. The first kappa shape index (κ1) is 13.5. The van der Waals surface area contributed by atoms with Gasteiger partial charge in [-0.05, 0) is 40.3 Å². The summed E-state index contributed by atoms with van der Waals surface area (Å²) in [5.74, 6) is 0.171. The molecule has 4 nitrogen and oxygen atoms in total. The van der Waals surface area contributed by atoms with Crippen molar-refractivity contribution in [3.05, 3.63) is 0 Å². The predicted molar refractivity (Wildman–Crippen MR) is 66.4 cm³/mol. The quantitative estimate of drug-likeness (QED) is 0.698. The number of hydrogen-bond donors (Lipinski definition) is 2. The zero-order chi connectivity index (χ0) is 12.0. The fourth-order valence-electron chi connectivity index (χ4n) is 2.30. The van der Waals surface area contributed by atoms with E-state index in [4.69, 9.17) is 0 Å². The molecule has 0 spiro atoms. The zero-order valence-corrected chi connectivity index (χ0v) is 10.8. The number of likely N-dealkylation sites (N-methyl/N-ethyl adjacent to an activating group) is 1. The SMILES string of the molecule is CNCC1CCCN1CCC(=O)NC(C)C. The molecule has 94 valence electrons. The van der Waals surface area contributed by atoms with E-state index in [0.717, 1.165) is 19.6 Å². The topological polar surface area (TPSA) is 44.4 Å². The Morgan fingerprint density at radius 1 is 1.50 bits per heavy atom. The van der Waals surface area contributed by atoms with E-state index in [-0.39, 0.29) is 11.9 Å². The van der Waals surface area contributed by atoms with Gasteiger partial charge in [-0.2, -0.15) is 0 Å². The molecule has 1 saturated heterocycles. The highest BCUT2D eigenvalue weighted by atomic mass is 16.1. The third-order valence-electron chi connectivity index (χ3n) is 3.01. The highest BCUT2D eigenvalue weighted by molar-refractivity contribution is 5.76. The molecule has 1 fully saturated rings. The molecule has 0 bridgehead atoms. The van der Waals surface area contributed by atoms with E-state index < -0.39 is 0 Å². The van der Waals surface area contributed by atoms with E-state index in [1.165, 1.54) is 12.8 Å². The van der Waals surface area contributed by atoms with Gasteiger partial charge in [0.15, 0.2) is 0 Å². The van der Waals surface area contributed by atoms with Crippen LogP contribution >= 0.6 is 0 Å². The Bertz CT molecular complexity index is 218. The fourth-order valence-corrected chi connectivity index (χ4v) is 2.30. The number of hydrogen-bond acceptors (Lipinski definition) is 3. The number of nitrogens with one attached hydrogen (secondary N) is 2. The summed E-state index contributed by atoms with van der Waals surface area (Å²) in [6, 6.07) is 0.871. The lowest BCUT2D eigenvalue weighted by atomic mass is 10.2. The molecule has 0 aromatic heterocycles. The van der Waals surface area contributed by atoms with Crippen LogP contribution in [0.25, 0.3) is 0 Å². The molecule has 1 amide bonds. The van der Waals surface area contributed by atoms with Crippen LogP contribution in [0, 0.1) is 0 Å². The first-order valence-electron chi connectivity index (χ1n) is 6.31. The van der Waals surface area contributed by atoms with Gasteiger partial charge in [-0.3, -0.25) is 9.69 Å². The highest BCUT2D eigenvalue weighted by Gasteiger charge is 2.23. The first-order valence-corrected chi connectivity index (χ1v) is 6.31. The minimum atomic E-state index is 0.171. The van der Waals surface area contributed by atoms with Crippen LogP contribution in [-0.2, 0) is 4.79 Å². The summed E-state index contributed by atoms with van der Waals surface area (Å²) in [5.41, 5.74) is 0. The summed E-state index contributed by atoms with van der Waals surface area (Å²) in [6.45, 7) is 7.06. The number of likely N-dealkylation sites (tertiary alicyclic amines) is 1. The molecule has 0 aromatic rings. The molecule has 1 atom stereocenters. The Balaban J connectivity index is 2.23. The van der Waals surface area contributed by atoms with Gasteiger partial charge in [0.2, 0.25) is 5.91 Å². The average molecular weight is 227 g/mol. The number of nitrogens with zero attached hydrogens (tertiary/aromatic N) is 1. The second kappa shape index (κ2) is 6.86. The maximum absolute atomic E-state index is 11.5. The third kappa shape index (κ3) is 4.49. The normalized spacial score (nSPS) is 21.6. The van der Waals surface area contributed by atoms with Crippen LogP contribution < -0.4 is 10.6 Å². The van der Waals surface area contributed by atoms with Crippen molar-refractivity contribution < 1.29 is 4.79 Å². The van der Waals surface area contributed by atoms with Gasteiger partial charge in [0, 0.05) is 31.6 Å². The van der Waals surface area contributed by atoms with Gasteiger partial charge in [0.1, 0.15) is 0 Å². The van der Waals surface area contributed by atoms with Crippen molar-refractivity contribution in [2.75, 3.05) is 26.7 Å². The Morgan fingerprint density at radius 3 is 2.88 bits per heavy atom. The van der Waals surface area contributed by atoms with Gasteiger partial charge in [-0.15, -0.1) is 0 Å². The summed E-state index contributed by atoms with van der Waals surface area (Å²) < 4.78 is 0. The summed E-state index contributed by atoms with van der Waals surface area (Å²) in [6.07, 6.45) is 3.14. The number of rotatable bonds is 6. The smallest absolute Gasteiger partial charge is 0.221 e. The summed E-state index contributed by atoms with van der Waals surface area (Å²) >= 11 is 0. The monoisotopic (exact) mass is 227 g/mol. The van der Waals surface area contributed by atoms with Crippen LogP contribution in [0.1, 0.15) is 33.1 Å². The van der Waals surface area contributed by atoms with Gasteiger partial charge < -0.3 is 10.6 Å². The van der Waals surface area contributed by atoms with Crippen molar-refractivity contribution in [1.82, 2.24) is 15.5 Å². The lowest BCUT2D eigenvalue weighted by molar-refractivity contribution is -0.121. The van der Waals surface area contributed by atoms with Gasteiger partial charge in [-0.25, -0.2) is 0 Å². The highest BCUT2D eigenvalue weighted by Crippen LogP contribution is 2.16. The third-order valence-corrected chi connectivity index (χ3v) is 3.01. The van der Waals surface area contributed by atoms with Crippen LogP contribution in [-0.4, -0.2) is 49.6 Å². The van der Waals surface area contributed by atoms with Crippen LogP contribution in [0.4, 0.5) is 0 Å². The van der Waals surface area contributed by atoms with Gasteiger partial charge in [-0.1, -0.05) is 0 Å². The summed E-state index contributed by atoms with van der Waals surface area (Å²) in [7, 11) is 1.99. The lowest BCUT2D eigenvalue weighted by Crippen LogP contribution is -2.39. The van der Waals surface area contributed by atoms with E-state index in [0.29, 0.717) is 12.5 Å². The summed E-state index contributed by atoms with van der Waals surface area (Å²) in [5, 5.41) is 6.15. The molecule has 1 aliphatic rings. The Labute approximate surface area is 98.8 Å². The second-order valence-corrected chi connectivity index (χ2v) is 4.86. The number of carbonyl (C=O) groups is 1. The molecular weight excluding hydrogens is 202 g/mol. The summed E-state index contributed by atoms with van der Waals surface area (Å²) in [4.78, 5) is 13.9. The van der Waals surface area contributed by atoms with Crippen molar-refractivity contribution in [3.8, 4) is 0 Å². The van der Waals surface area contributed by atoms with E-state index >= 15 is 0 Å². The Hall–Kier alpha value is -0.610. The van der Waals surface area contributed by atoms with E-state index in [2.05, 4.69) is 15.5 Å². The molecule has 0 aromatic carbocycles. The number of carbonyl (C=O) groups excluding carboxylic acids is 1. The first-order chi connectivity index (χ1) is 7.63. The maximum atomic E-state index is 11.5. The largest absolute Gasteiger partial charge is 0.354 e. The van der Waals surface area contributed by atoms with Gasteiger partial charge in [0.25, 0.3) is 0 Å². The van der Waals surface area contributed by atoms with Crippen LogP contribution in [0.15, 0.2) is 0 Å². The van der Waals surface area contributed by atoms with Crippen molar-refractivity contribution in [1.29, 1.82) is 0 Å². The molecule has 2 N–H and O–H groups in total. The average Bonchev–Trinajstić information content (AvgIpc) is 2.62. The van der Waals surface area contributed by atoms with E-state index in [9.17, 15) is 4.79 Å². The van der Waals surface area contributed by atoms with Crippen molar-refractivity contribution in [3.63, 3.8) is 0 Å². The molecule has 1 unspecified atom stereocenters. The minimum absolute atomic E-state index is 0.171. The van der Waals surface area contributed by atoms with E-state index in [1.807, 2.05) is 20.9 Å². The maximum Gasteiger partial charge on any atom is 0.221 e. The van der Waals surface area contributed by atoms with Gasteiger partial charge in [0.05, 0.1) is 0 Å². The van der Waals surface area contributed by atoms with Crippen molar-refractivity contribution >= 4 is 5.91 Å². The van der Waals surface area contributed by atoms with Crippen LogP contribution in [0.3, 0.4) is 0 Å². The second-order valence-electron chi connectivity index (χ2n) is 4.86. The predicted octanol–water partition coefficient (Wildman–Crippen LogP) is 0.585. The lowest BCUT2D eigenvalue weighted by Gasteiger charge is -2.24. The Morgan fingerprint density at radius 2 is 2.25 bits per heavy atom. The number of amides is 1. The van der Waals surface area contributed by atoms with Crippen LogP contribution in [0.5, 0.6) is 0 Å². The van der Waals surface area contributed by atoms with Gasteiger partial charge >= 0.3 is 0 Å². The molecule has 0 radical (unpaired) electrons.